The van der Waals surface area contributed by atoms with Gasteiger partial charge in [0, 0.05) is 88.9 Å². The molecule has 35 heteroatoms. The third kappa shape index (κ3) is 71.2. The van der Waals surface area contributed by atoms with E-state index in [1.54, 1.807) is 0 Å². The van der Waals surface area contributed by atoms with Gasteiger partial charge >= 0.3 is 27.7 Å². The summed E-state index contributed by atoms with van der Waals surface area (Å²) >= 11 is 0. The number of anilines is 2. The Labute approximate surface area is 770 Å². The Morgan fingerprint density at radius 1 is 0.496 bits per heavy atom. The summed E-state index contributed by atoms with van der Waals surface area (Å²) in [4.78, 5) is 116. The molecule has 4 aliphatic rings. The van der Waals surface area contributed by atoms with Gasteiger partial charge in [-0.1, -0.05) is 97.2 Å². The van der Waals surface area contributed by atoms with E-state index >= 15 is 0 Å². The van der Waals surface area contributed by atoms with Crippen LogP contribution in [-0.4, -0.2) is 296 Å². The van der Waals surface area contributed by atoms with Gasteiger partial charge in [-0.3, -0.25) is 28.8 Å². The molecule has 0 radical (unpaired) electrons. The van der Waals surface area contributed by atoms with E-state index in [0.29, 0.717) is 63.6 Å². The highest BCUT2D eigenvalue weighted by Crippen LogP contribution is 2.29. The van der Waals surface area contributed by atoms with Crippen LogP contribution < -0.4 is 43.2 Å². The molecule has 728 valence electrons. The van der Waals surface area contributed by atoms with Gasteiger partial charge in [-0.15, -0.1) is 32.4 Å². The number of carbonyl (C=O) groups is 6. The van der Waals surface area contributed by atoms with Gasteiger partial charge in [0.1, 0.15) is 25.9 Å². The smallest absolute Gasteiger partial charge is 0.425 e. The summed E-state index contributed by atoms with van der Waals surface area (Å²) < 4.78 is 68.8. The molecule has 3 atom stereocenters. The third-order valence-corrected chi connectivity index (χ3v) is 17.9. The van der Waals surface area contributed by atoms with Crippen LogP contribution in [0.4, 0.5) is 11.4 Å². The Balaban J connectivity index is -0.000000441. The standard InChI is InChI=1S/C12H15N3O3.C12H20O2.C11H14N2O.C10H18O3.2C9H16N2O.C8H14N2O.C8H16N2O.C8H14O3.C7H13NO.O3S/c1-4-7-13-10(16)14(8-5-2)12(18)15(9-6-3)11(13)17;1-3-13-9-11-5-7-12(8-6-11)10-14-4-2;1-4-11(14)12-9-5-7-10(8-6-9)13(2)3;1-5-11-7-9(3)13-8-10(4)12-6-2;1-4-9(12)11-6-5-8(7-11)10(2)3;1-3-9(12)10-8-4-6-11(2)7-5-8;1-3-8(11)10-6-4-9(2)5-7-10;1-4-8(11)9-6-5-7-10(2)3;1-3-9-5-7-11-8-6-10-4-2;1-5-6(9)8-7(2,3)4;1-4(2)3/h4-6H,1-3,7-9H2;3-4,11-12H,1-2,5-10H2;4-8H,1H2,2-3H3,(H,12,14);5-6,9-10H,1-2,7-8H2,3-4H3;4,8H,1,5-7H2,2-3H3;3,8H,1,4-7H2,2H3,(H,10,12);3H,1,4-7H2,2H3;4H,1,5-7H2,2-3H3,(H,9,11);3-4H,1-2,5-8H2;5H,1H2,2-4H3,(H,8,9);. The van der Waals surface area contributed by atoms with Gasteiger partial charge in [-0.2, -0.15) is 0 Å². The van der Waals surface area contributed by atoms with Crippen LogP contribution in [0.15, 0.2) is 230 Å². The SMILES string of the molecule is C=CC(=O)N1CCC(N(C)C)C1.C=CC(=O)N1CCN(C)CC1.C=CC(=O)NC(C)(C)C.C=CC(=O)NC1CCN(C)CC1.C=CC(=O)NCCCN(C)C.C=CC(=O)Nc1ccc(N(C)C)cc1.C=CCn1c(=O)n(CC=C)c(=O)n(CC=C)c1=O.C=COCC(C)OCC(C)OC=C.C=COCC1CCC(COC=C)CC1.C=COCCOCCOC=C.O=S(=O)=O. The number of allylic oxidation sites excluding steroid dienone is 3. The first-order valence-corrected chi connectivity index (χ1v) is 43.3. The molecule has 1 saturated carbocycles. The lowest BCUT2D eigenvalue weighted by atomic mass is 9.83. The lowest BCUT2D eigenvalue weighted by Crippen LogP contribution is -2.54. The topological polar surface area (TPSA) is 364 Å². The summed E-state index contributed by atoms with van der Waals surface area (Å²) in [5, 5.41) is 11.0. The second-order valence-electron chi connectivity index (χ2n) is 30.3. The van der Waals surface area contributed by atoms with Gasteiger partial charge in [0.15, 0.2) is 0 Å². The van der Waals surface area contributed by atoms with Gasteiger partial charge in [-0.05, 0) is 220 Å². The Bertz CT molecular complexity index is 3750. The van der Waals surface area contributed by atoms with Gasteiger partial charge in [0.05, 0.1) is 96.3 Å². The number of nitrogens with zero attached hydrogens (tertiary/aromatic N) is 10. The molecular weight excluding hydrogens is 1680 g/mol. The van der Waals surface area contributed by atoms with Crippen molar-refractivity contribution in [3.8, 4) is 0 Å². The maximum absolute atomic E-state index is 11.9. The molecule has 4 fully saturated rings. The highest BCUT2D eigenvalue weighted by atomic mass is 32.2. The van der Waals surface area contributed by atoms with Crippen molar-refractivity contribution in [3.63, 3.8) is 0 Å². The molecule has 4 N–H and O–H groups in total. The molecule has 6 amide bonds. The van der Waals surface area contributed by atoms with E-state index in [-0.39, 0.29) is 72.8 Å². The average Bonchev–Trinajstić information content (AvgIpc) is 1.15. The number of rotatable bonds is 42. The van der Waals surface area contributed by atoms with Crippen molar-refractivity contribution in [1.29, 1.82) is 0 Å². The van der Waals surface area contributed by atoms with E-state index in [0.717, 1.165) is 129 Å². The number of likely N-dealkylation sites (N-methyl/N-ethyl adjacent to an activating group) is 2. The van der Waals surface area contributed by atoms with Crippen molar-refractivity contribution in [2.45, 2.75) is 135 Å². The van der Waals surface area contributed by atoms with Crippen molar-refractivity contribution in [2.24, 2.45) is 11.8 Å². The Hall–Kier alpha value is -11.5. The molecule has 1 aromatic heterocycles. The molecule has 3 aliphatic heterocycles. The van der Waals surface area contributed by atoms with E-state index in [1.807, 2.05) is 116 Å². The summed E-state index contributed by atoms with van der Waals surface area (Å²) in [7, 11) is 13.1. The first-order valence-electron chi connectivity index (χ1n) is 42.3. The van der Waals surface area contributed by atoms with Crippen molar-refractivity contribution < 1.29 is 79.3 Å². The number of hydrogen-bond acceptors (Lipinski definition) is 25. The number of piperazine rings is 1. The van der Waals surface area contributed by atoms with Crippen LogP contribution in [0.25, 0.3) is 0 Å². The molecular formula is C94H156N14O20S. The quantitative estimate of drug-likeness (QED) is 0.0208. The Morgan fingerprint density at radius 2 is 0.922 bits per heavy atom. The molecule has 1 aliphatic carbocycles. The van der Waals surface area contributed by atoms with Crippen LogP contribution in [0.3, 0.4) is 0 Å². The number of benzene rings is 1. The Morgan fingerprint density at radius 3 is 1.28 bits per heavy atom. The maximum Gasteiger partial charge on any atom is 0.425 e. The molecule has 0 spiro atoms. The van der Waals surface area contributed by atoms with Crippen LogP contribution >= 0.6 is 0 Å². The van der Waals surface area contributed by atoms with Crippen molar-refractivity contribution in [3.05, 3.63) is 247 Å². The van der Waals surface area contributed by atoms with Gasteiger partial charge < -0.3 is 93.5 Å². The number of carbonyl (C=O) groups excluding carboxylic acids is 6. The molecule has 34 nitrogen and oxygen atoms in total. The van der Waals surface area contributed by atoms with E-state index in [9.17, 15) is 43.2 Å². The molecule has 4 heterocycles. The van der Waals surface area contributed by atoms with Crippen molar-refractivity contribution in [2.75, 3.05) is 185 Å². The largest absolute Gasteiger partial charge is 0.502 e. The van der Waals surface area contributed by atoms with Crippen molar-refractivity contribution in [1.82, 2.24) is 59.1 Å². The zero-order valence-corrected chi connectivity index (χ0v) is 80.4. The predicted molar refractivity (Wildman–Crippen MR) is 519 cm³/mol. The number of likely N-dealkylation sites (tertiary alicyclic amines) is 2. The fourth-order valence-corrected chi connectivity index (χ4v) is 10.9. The molecule has 3 saturated heterocycles. The van der Waals surface area contributed by atoms with Crippen molar-refractivity contribution >= 4 is 57.4 Å². The molecule has 3 unspecified atom stereocenters. The number of nitrogens with one attached hydrogen (secondary N) is 4. The first-order chi connectivity index (χ1) is 61.1. The summed E-state index contributed by atoms with van der Waals surface area (Å²) in [6.45, 7) is 75.5. The minimum absolute atomic E-state index is 0.0312. The monoisotopic (exact) mass is 1830 g/mol. The molecule has 6 rings (SSSR count). The molecule has 2 aromatic rings. The normalized spacial score (nSPS) is 15.0. The van der Waals surface area contributed by atoms with Crippen LogP contribution in [0.5, 0.6) is 0 Å². The minimum Gasteiger partial charge on any atom is -0.502 e. The summed E-state index contributed by atoms with van der Waals surface area (Å²) in [5.41, 5.74) is -0.256. The fraction of sp³-hybridized carbons (Fsp3) is 0.521. The second-order valence-corrected chi connectivity index (χ2v) is 30.7. The summed E-state index contributed by atoms with van der Waals surface area (Å²) in [6, 6.07) is 8.48. The van der Waals surface area contributed by atoms with E-state index in [1.165, 1.54) is 118 Å². The lowest BCUT2D eigenvalue weighted by molar-refractivity contribution is -0.127. The number of piperidine rings is 1. The van der Waals surface area contributed by atoms with E-state index in [4.69, 9.17) is 50.5 Å². The molecule has 129 heavy (non-hydrogen) atoms. The van der Waals surface area contributed by atoms with Gasteiger partial charge in [-0.25, -0.2) is 28.1 Å². The number of amides is 6. The van der Waals surface area contributed by atoms with Crippen LogP contribution in [0.2, 0.25) is 0 Å². The fourth-order valence-electron chi connectivity index (χ4n) is 10.9. The highest BCUT2D eigenvalue weighted by molar-refractivity contribution is 7.59. The number of ether oxygens (including phenoxy) is 8. The van der Waals surface area contributed by atoms with Crippen LogP contribution in [0.1, 0.15) is 86.0 Å². The maximum atomic E-state index is 11.9. The first kappa shape index (κ1) is 126. The van der Waals surface area contributed by atoms with Gasteiger partial charge in [0.2, 0.25) is 35.4 Å². The average molecular weight is 1830 g/mol. The Kier molecular flexibility index (Phi) is 79.2. The lowest BCUT2D eigenvalue weighted by Gasteiger charge is -2.31. The van der Waals surface area contributed by atoms with Gasteiger partial charge in [0.25, 0.3) is 0 Å². The van der Waals surface area contributed by atoms with E-state index < -0.39 is 27.7 Å². The zero-order valence-electron chi connectivity index (χ0n) is 79.6. The summed E-state index contributed by atoms with van der Waals surface area (Å²) in [6.07, 6.45) is 30.1. The minimum atomic E-state index is -3.11. The molecule has 1 aromatic carbocycles. The van der Waals surface area contributed by atoms with Crippen LogP contribution in [-0.2, 0) is 96.9 Å². The highest BCUT2D eigenvalue weighted by Gasteiger charge is 2.26. The summed E-state index contributed by atoms with van der Waals surface area (Å²) in [5.74, 6) is 1.08. The number of aromatic nitrogens is 3. The predicted octanol–water partition coefficient (Wildman–Crippen LogP) is 9.13. The number of hydrogen-bond donors (Lipinski definition) is 4. The molecule has 0 bridgehead atoms. The second kappa shape index (κ2) is 81.0. The van der Waals surface area contributed by atoms with Crippen LogP contribution in [0, 0.1) is 11.8 Å². The van der Waals surface area contributed by atoms with E-state index in [2.05, 4.69) is 154 Å². The zero-order chi connectivity index (χ0) is 99.1. The third-order valence-electron chi connectivity index (χ3n) is 17.9.